The van der Waals surface area contributed by atoms with Crippen molar-refractivity contribution in [1.29, 1.82) is 0 Å². The van der Waals surface area contributed by atoms with Crippen molar-refractivity contribution < 1.29 is 14.3 Å². The number of rotatable bonds is 6. The van der Waals surface area contributed by atoms with Crippen LogP contribution in [0.3, 0.4) is 0 Å². The standard InChI is InChI=1S/C18H23N3O3/c1-19-18(22)14-8-15(20-21(11-14)10-12-4-5-12)13-6-7-16(23-2)17(9-13)24-3/h6-9,11-12,20H,4-5,10H2,1-3H3,(H,19,22). The zero-order valence-electron chi connectivity index (χ0n) is 14.3. The Morgan fingerprint density at radius 2 is 2.04 bits per heavy atom. The number of hydrogen-bond acceptors (Lipinski definition) is 5. The first-order valence-corrected chi connectivity index (χ1v) is 8.06. The van der Waals surface area contributed by atoms with Gasteiger partial charge in [-0.05, 0) is 43.0 Å². The van der Waals surface area contributed by atoms with Crippen molar-refractivity contribution in [2.24, 2.45) is 5.92 Å². The van der Waals surface area contributed by atoms with E-state index in [4.69, 9.17) is 9.47 Å². The van der Waals surface area contributed by atoms with Crippen LogP contribution in [0.1, 0.15) is 18.4 Å². The number of ether oxygens (including phenoxy) is 2. The second-order valence-electron chi connectivity index (χ2n) is 6.00. The van der Waals surface area contributed by atoms with Gasteiger partial charge >= 0.3 is 0 Å². The summed E-state index contributed by atoms with van der Waals surface area (Å²) < 4.78 is 10.7. The predicted molar refractivity (Wildman–Crippen MR) is 92.2 cm³/mol. The maximum atomic E-state index is 12.1. The van der Waals surface area contributed by atoms with E-state index >= 15 is 0 Å². The lowest BCUT2D eigenvalue weighted by Gasteiger charge is -2.29. The summed E-state index contributed by atoms with van der Waals surface area (Å²) in [5, 5.41) is 4.68. The van der Waals surface area contributed by atoms with Gasteiger partial charge < -0.3 is 14.8 Å². The largest absolute Gasteiger partial charge is 0.493 e. The van der Waals surface area contributed by atoms with Crippen molar-refractivity contribution in [3.8, 4) is 11.5 Å². The molecule has 1 aromatic carbocycles. The molecule has 1 amide bonds. The highest BCUT2D eigenvalue weighted by atomic mass is 16.5. The number of carbonyl (C=O) groups excluding carboxylic acids is 1. The Kier molecular flexibility index (Phi) is 4.64. The third-order valence-electron chi connectivity index (χ3n) is 4.19. The van der Waals surface area contributed by atoms with Gasteiger partial charge in [-0.2, -0.15) is 0 Å². The molecule has 0 aromatic heterocycles. The van der Waals surface area contributed by atoms with Gasteiger partial charge in [0, 0.05) is 25.4 Å². The zero-order chi connectivity index (χ0) is 17.1. The van der Waals surface area contributed by atoms with Crippen LogP contribution in [0.5, 0.6) is 11.5 Å². The van der Waals surface area contributed by atoms with Crippen LogP contribution in [0.2, 0.25) is 0 Å². The van der Waals surface area contributed by atoms with Gasteiger partial charge in [0.1, 0.15) is 0 Å². The average molecular weight is 329 g/mol. The number of likely N-dealkylation sites (N-methyl/N-ethyl adjacent to an activating group) is 1. The van der Waals surface area contributed by atoms with Crippen LogP contribution in [0.4, 0.5) is 0 Å². The number of benzene rings is 1. The van der Waals surface area contributed by atoms with Crippen LogP contribution < -0.4 is 20.2 Å². The van der Waals surface area contributed by atoms with E-state index in [0.29, 0.717) is 23.0 Å². The highest BCUT2D eigenvalue weighted by Crippen LogP contribution is 2.33. The Bertz CT molecular complexity index is 693. The van der Waals surface area contributed by atoms with E-state index in [9.17, 15) is 4.79 Å². The Hall–Kier alpha value is -2.63. The van der Waals surface area contributed by atoms with Crippen molar-refractivity contribution >= 4 is 11.6 Å². The SMILES string of the molecule is CNC(=O)C1=CN(CC2CC2)NC(c2ccc(OC)c(OC)c2)=C1. The molecule has 2 aliphatic rings. The van der Waals surface area contributed by atoms with Gasteiger partial charge in [-0.25, -0.2) is 0 Å². The molecule has 0 bridgehead atoms. The number of carbonyl (C=O) groups is 1. The van der Waals surface area contributed by atoms with E-state index in [1.165, 1.54) is 12.8 Å². The first-order chi connectivity index (χ1) is 11.6. The van der Waals surface area contributed by atoms with Crippen LogP contribution >= 0.6 is 0 Å². The summed E-state index contributed by atoms with van der Waals surface area (Å²) in [6.45, 7) is 0.894. The van der Waals surface area contributed by atoms with Gasteiger partial charge in [0.05, 0.1) is 25.5 Å². The number of nitrogens with one attached hydrogen (secondary N) is 2. The van der Waals surface area contributed by atoms with Crippen LogP contribution in [0, 0.1) is 5.92 Å². The molecule has 1 fully saturated rings. The summed E-state index contributed by atoms with van der Waals surface area (Å²) in [5.41, 5.74) is 5.80. The molecule has 1 heterocycles. The van der Waals surface area contributed by atoms with E-state index in [-0.39, 0.29) is 5.91 Å². The highest BCUT2D eigenvalue weighted by Gasteiger charge is 2.26. The lowest BCUT2D eigenvalue weighted by atomic mass is 10.1. The van der Waals surface area contributed by atoms with Crippen molar-refractivity contribution in [3.05, 3.63) is 41.6 Å². The monoisotopic (exact) mass is 329 g/mol. The van der Waals surface area contributed by atoms with Crippen molar-refractivity contribution in [1.82, 2.24) is 15.8 Å². The van der Waals surface area contributed by atoms with E-state index in [1.54, 1.807) is 21.3 Å². The van der Waals surface area contributed by atoms with Crippen LogP contribution in [-0.4, -0.2) is 38.7 Å². The second kappa shape index (κ2) is 6.86. The van der Waals surface area contributed by atoms with Gasteiger partial charge in [0.25, 0.3) is 5.91 Å². The van der Waals surface area contributed by atoms with Gasteiger partial charge in [-0.1, -0.05) is 0 Å². The molecule has 1 aliphatic carbocycles. The Morgan fingerprint density at radius 3 is 2.67 bits per heavy atom. The average Bonchev–Trinajstić information content (AvgIpc) is 3.43. The molecule has 0 radical (unpaired) electrons. The molecule has 0 unspecified atom stereocenters. The Morgan fingerprint density at radius 1 is 1.29 bits per heavy atom. The van der Waals surface area contributed by atoms with E-state index < -0.39 is 0 Å². The summed E-state index contributed by atoms with van der Waals surface area (Å²) in [7, 11) is 4.86. The minimum Gasteiger partial charge on any atom is -0.493 e. The fourth-order valence-corrected chi connectivity index (χ4v) is 2.68. The van der Waals surface area contributed by atoms with Gasteiger partial charge in [0.15, 0.2) is 11.5 Å². The predicted octanol–water partition coefficient (Wildman–Crippen LogP) is 1.90. The number of amides is 1. The third kappa shape index (κ3) is 3.48. The van der Waals surface area contributed by atoms with E-state index in [0.717, 1.165) is 17.8 Å². The summed E-state index contributed by atoms with van der Waals surface area (Å²) in [6.07, 6.45) is 6.21. The van der Waals surface area contributed by atoms with Crippen molar-refractivity contribution in [3.63, 3.8) is 0 Å². The molecule has 1 aromatic rings. The molecule has 0 atom stereocenters. The second-order valence-corrected chi connectivity index (χ2v) is 6.00. The molecule has 1 saturated carbocycles. The molecule has 128 valence electrons. The molecular weight excluding hydrogens is 306 g/mol. The number of nitrogens with zero attached hydrogens (tertiary/aromatic N) is 1. The summed E-state index contributed by atoms with van der Waals surface area (Å²) in [4.78, 5) is 12.1. The normalized spacial score (nSPS) is 16.7. The molecule has 6 nitrogen and oxygen atoms in total. The topological polar surface area (TPSA) is 62.8 Å². The molecule has 6 heteroatoms. The summed E-state index contributed by atoms with van der Waals surface area (Å²) in [5.74, 6) is 1.93. The third-order valence-corrected chi connectivity index (χ3v) is 4.19. The Labute approximate surface area is 142 Å². The maximum absolute atomic E-state index is 12.1. The maximum Gasteiger partial charge on any atom is 0.252 e. The molecule has 2 N–H and O–H groups in total. The number of hydrazine groups is 1. The number of methoxy groups -OCH3 is 2. The van der Waals surface area contributed by atoms with E-state index in [1.807, 2.05) is 35.5 Å². The van der Waals surface area contributed by atoms with Crippen LogP contribution in [-0.2, 0) is 4.79 Å². The molecule has 0 saturated heterocycles. The van der Waals surface area contributed by atoms with Crippen LogP contribution in [0.25, 0.3) is 5.70 Å². The molecule has 1 aliphatic heterocycles. The fraction of sp³-hybridized carbons (Fsp3) is 0.389. The minimum atomic E-state index is -0.102. The molecule has 24 heavy (non-hydrogen) atoms. The van der Waals surface area contributed by atoms with Gasteiger partial charge in [-0.15, -0.1) is 0 Å². The van der Waals surface area contributed by atoms with E-state index in [2.05, 4.69) is 10.7 Å². The highest BCUT2D eigenvalue weighted by molar-refractivity contribution is 5.98. The molecule has 3 rings (SSSR count). The first-order valence-electron chi connectivity index (χ1n) is 8.06. The smallest absolute Gasteiger partial charge is 0.252 e. The van der Waals surface area contributed by atoms with Gasteiger partial charge in [-0.3, -0.25) is 15.2 Å². The number of hydrogen-bond donors (Lipinski definition) is 2. The molecular formula is C18H23N3O3. The minimum absolute atomic E-state index is 0.102. The zero-order valence-corrected chi connectivity index (χ0v) is 14.3. The first kappa shape index (κ1) is 16.2. The Balaban J connectivity index is 1.91. The van der Waals surface area contributed by atoms with Gasteiger partial charge in [0.2, 0.25) is 0 Å². The summed E-state index contributed by atoms with van der Waals surface area (Å²) in [6, 6.07) is 5.71. The quantitative estimate of drug-likeness (QED) is 0.835. The fourth-order valence-electron chi connectivity index (χ4n) is 2.68. The van der Waals surface area contributed by atoms with Crippen LogP contribution in [0.15, 0.2) is 36.0 Å². The van der Waals surface area contributed by atoms with Crippen molar-refractivity contribution in [2.45, 2.75) is 12.8 Å². The lowest BCUT2D eigenvalue weighted by molar-refractivity contribution is -0.116. The summed E-state index contributed by atoms with van der Waals surface area (Å²) >= 11 is 0. The van der Waals surface area contributed by atoms with Crippen molar-refractivity contribution in [2.75, 3.05) is 27.8 Å². The lowest BCUT2D eigenvalue weighted by Crippen LogP contribution is -2.38. The molecule has 0 spiro atoms.